The van der Waals surface area contributed by atoms with Gasteiger partial charge in [-0.3, -0.25) is 9.78 Å². The van der Waals surface area contributed by atoms with Crippen LogP contribution in [0, 0.1) is 5.92 Å². The highest BCUT2D eigenvalue weighted by atomic mass is 16.5. The van der Waals surface area contributed by atoms with Gasteiger partial charge < -0.3 is 18.9 Å². The molecular weight excluding hydrogens is 430 g/mol. The first-order chi connectivity index (χ1) is 16.6. The van der Waals surface area contributed by atoms with E-state index in [1.165, 1.54) is 12.7 Å². The van der Waals surface area contributed by atoms with Crippen molar-refractivity contribution >= 4 is 22.9 Å². The molecule has 0 bridgehead atoms. The van der Waals surface area contributed by atoms with E-state index in [1.807, 2.05) is 29.3 Å². The molecule has 34 heavy (non-hydrogen) atoms. The Morgan fingerprint density at radius 2 is 1.79 bits per heavy atom. The van der Waals surface area contributed by atoms with Gasteiger partial charge in [-0.25, -0.2) is 4.79 Å². The van der Waals surface area contributed by atoms with Crippen LogP contribution in [0.3, 0.4) is 0 Å². The van der Waals surface area contributed by atoms with Gasteiger partial charge in [0.25, 0.3) is 5.91 Å². The van der Waals surface area contributed by atoms with E-state index < -0.39 is 0 Å². The Labute approximate surface area is 199 Å². The highest BCUT2D eigenvalue weighted by Crippen LogP contribution is 2.37. The molecule has 0 N–H and O–H groups in total. The van der Waals surface area contributed by atoms with Gasteiger partial charge in [0, 0.05) is 32.0 Å². The Bertz CT molecular complexity index is 1160. The molecule has 1 amide bonds. The number of carbonyl (C=O) groups is 2. The molecule has 7 heteroatoms. The monoisotopic (exact) mass is 461 g/mol. The van der Waals surface area contributed by atoms with Crippen LogP contribution in [0.2, 0.25) is 0 Å². The number of ether oxygens (including phenoxy) is 2. The molecule has 1 saturated carbocycles. The molecule has 3 aromatic rings. The molecule has 0 atom stereocenters. The number of fused-ring (bicyclic) bond motifs is 1. The zero-order valence-electron chi connectivity index (χ0n) is 19.6. The van der Waals surface area contributed by atoms with Crippen molar-refractivity contribution in [2.75, 3.05) is 33.4 Å². The number of hydrogen-bond donors (Lipinski definition) is 0. The predicted octanol–water partition coefficient (Wildman–Crippen LogP) is 4.27. The van der Waals surface area contributed by atoms with Crippen molar-refractivity contribution in [3.8, 4) is 0 Å². The van der Waals surface area contributed by atoms with E-state index in [1.54, 1.807) is 6.20 Å². The molecule has 2 aromatic heterocycles. The number of benzene rings is 1. The average molecular weight is 462 g/mol. The normalized spacial score (nSPS) is 20.9. The lowest BCUT2D eigenvalue weighted by Crippen LogP contribution is -2.40. The van der Waals surface area contributed by atoms with Gasteiger partial charge >= 0.3 is 5.97 Å². The Kier molecular flexibility index (Phi) is 6.63. The zero-order chi connectivity index (χ0) is 23.5. The number of pyridine rings is 1. The third-order valence-corrected chi connectivity index (χ3v) is 7.27. The SMILES string of the molecule is COC(=O)c1ccc(C2CCC(Cn3cc(C(=O)N4CCOCC4)c4ncccc43)CC2)cc1. The van der Waals surface area contributed by atoms with E-state index in [0.29, 0.717) is 49.3 Å². The third kappa shape index (κ3) is 4.57. The molecule has 1 aliphatic carbocycles. The number of hydrogen-bond acceptors (Lipinski definition) is 5. The van der Waals surface area contributed by atoms with E-state index in [9.17, 15) is 9.59 Å². The molecule has 2 fully saturated rings. The second kappa shape index (κ2) is 9.97. The van der Waals surface area contributed by atoms with Crippen molar-refractivity contribution in [3.63, 3.8) is 0 Å². The molecule has 3 heterocycles. The molecule has 1 aromatic carbocycles. The largest absolute Gasteiger partial charge is 0.465 e. The Balaban J connectivity index is 1.26. The number of morpholine rings is 1. The first-order valence-electron chi connectivity index (χ1n) is 12.1. The summed E-state index contributed by atoms with van der Waals surface area (Å²) in [6, 6.07) is 11.8. The fourth-order valence-corrected chi connectivity index (χ4v) is 5.33. The second-order valence-corrected chi connectivity index (χ2v) is 9.30. The van der Waals surface area contributed by atoms with Gasteiger partial charge in [-0.2, -0.15) is 0 Å². The number of carbonyl (C=O) groups excluding carboxylic acids is 2. The number of methoxy groups -OCH3 is 1. The summed E-state index contributed by atoms with van der Waals surface area (Å²) in [5, 5.41) is 0. The molecule has 0 spiro atoms. The van der Waals surface area contributed by atoms with Crippen molar-refractivity contribution < 1.29 is 19.1 Å². The predicted molar refractivity (Wildman–Crippen MR) is 129 cm³/mol. The summed E-state index contributed by atoms with van der Waals surface area (Å²) < 4.78 is 12.4. The van der Waals surface area contributed by atoms with Crippen LogP contribution in [0.15, 0.2) is 48.8 Å². The van der Waals surface area contributed by atoms with Gasteiger partial charge in [0.05, 0.1) is 37.0 Å². The summed E-state index contributed by atoms with van der Waals surface area (Å²) in [5.74, 6) is 0.831. The molecule has 0 unspecified atom stereocenters. The maximum absolute atomic E-state index is 13.2. The minimum atomic E-state index is -0.296. The van der Waals surface area contributed by atoms with Crippen LogP contribution in [0.25, 0.3) is 11.0 Å². The Hall–Kier alpha value is -3.19. The minimum Gasteiger partial charge on any atom is -0.465 e. The highest BCUT2D eigenvalue weighted by molar-refractivity contribution is 6.05. The molecule has 2 aliphatic rings. The number of nitrogens with zero attached hydrogens (tertiary/aromatic N) is 3. The van der Waals surface area contributed by atoms with E-state index in [-0.39, 0.29) is 11.9 Å². The molecule has 1 aliphatic heterocycles. The Morgan fingerprint density at radius 3 is 2.50 bits per heavy atom. The number of aromatic nitrogens is 2. The molecule has 0 radical (unpaired) electrons. The molecular formula is C27H31N3O4. The quantitative estimate of drug-likeness (QED) is 0.531. The fourth-order valence-electron chi connectivity index (χ4n) is 5.33. The standard InChI is InChI=1S/C27H31N3O4/c1-33-27(32)22-10-8-21(9-11-22)20-6-4-19(5-7-20)17-30-18-23(25-24(30)3-2-12-28-25)26(31)29-13-15-34-16-14-29/h2-3,8-12,18-20H,4-7,13-17H2,1H3. The fraction of sp³-hybridized carbons (Fsp3) is 0.444. The maximum Gasteiger partial charge on any atom is 0.337 e. The van der Waals surface area contributed by atoms with Crippen molar-refractivity contribution in [1.29, 1.82) is 0 Å². The molecule has 7 nitrogen and oxygen atoms in total. The van der Waals surface area contributed by atoms with Crippen molar-refractivity contribution in [3.05, 3.63) is 65.5 Å². The van der Waals surface area contributed by atoms with Gasteiger partial charge in [-0.15, -0.1) is 0 Å². The summed E-state index contributed by atoms with van der Waals surface area (Å²) in [4.78, 5) is 31.3. The second-order valence-electron chi connectivity index (χ2n) is 9.30. The first-order valence-corrected chi connectivity index (χ1v) is 12.1. The van der Waals surface area contributed by atoms with E-state index in [2.05, 4.69) is 27.8 Å². The van der Waals surface area contributed by atoms with E-state index >= 15 is 0 Å². The van der Waals surface area contributed by atoms with Crippen LogP contribution in [0.1, 0.15) is 57.9 Å². The molecule has 5 rings (SSSR count). The summed E-state index contributed by atoms with van der Waals surface area (Å²) >= 11 is 0. The topological polar surface area (TPSA) is 73.7 Å². The van der Waals surface area contributed by atoms with Crippen LogP contribution in [-0.4, -0.2) is 59.7 Å². The summed E-state index contributed by atoms with van der Waals surface area (Å²) in [6.07, 6.45) is 8.29. The number of esters is 1. The van der Waals surface area contributed by atoms with Crippen LogP contribution >= 0.6 is 0 Å². The lowest BCUT2D eigenvalue weighted by molar-refractivity contribution is 0.0304. The van der Waals surface area contributed by atoms with E-state index in [0.717, 1.165) is 43.3 Å². The van der Waals surface area contributed by atoms with Gasteiger partial charge in [-0.1, -0.05) is 12.1 Å². The van der Waals surface area contributed by atoms with Crippen LogP contribution in [-0.2, 0) is 16.0 Å². The van der Waals surface area contributed by atoms with Crippen molar-refractivity contribution in [2.45, 2.75) is 38.1 Å². The minimum absolute atomic E-state index is 0.0462. The first kappa shape index (κ1) is 22.6. The van der Waals surface area contributed by atoms with Crippen molar-refractivity contribution in [2.24, 2.45) is 5.92 Å². The zero-order valence-corrected chi connectivity index (χ0v) is 19.6. The smallest absolute Gasteiger partial charge is 0.337 e. The van der Waals surface area contributed by atoms with E-state index in [4.69, 9.17) is 9.47 Å². The van der Waals surface area contributed by atoms with Crippen LogP contribution < -0.4 is 0 Å². The number of rotatable bonds is 5. The van der Waals surface area contributed by atoms with Gasteiger partial charge in [0.2, 0.25) is 0 Å². The lowest BCUT2D eigenvalue weighted by Gasteiger charge is -2.29. The number of amides is 1. The highest BCUT2D eigenvalue weighted by Gasteiger charge is 2.26. The molecule has 1 saturated heterocycles. The van der Waals surface area contributed by atoms with Crippen molar-refractivity contribution in [1.82, 2.24) is 14.5 Å². The third-order valence-electron chi connectivity index (χ3n) is 7.27. The van der Waals surface area contributed by atoms with Crippen LogP contribution in [0.4, 0.5) is 0 Å². The summed E-state index contributed by atoms with van der Waals surface area (Å²) in [5.41, 5.74) is 4.39. The van der Waals surface area contributed by atoms with Crippen LogP contribution in [0.5, 0.6) is 0 Å². The Morgan fingerprint density at radius 1 is 1.06 bits per heavy atom. The van der Waals surface area contributed by atoms with Gasteiger partial charge in [-0.05, 0) is 67.3 Å². The average Bonchev–Trinajstić information content (AvgIpc) is 3.27. The molecule has 178 valence electrons. The van der Waals surface area contributed by atoms with Gasteiger partial charge in [0.1, 0.15) is 5.52 Å². The summed E-state index contributed by atoms with van der Waals surface area (Å²) in [6.45, 7) is 3.33. The lowest BCUT2D eigenvalue weighted by atomic mass is 9.78. The summed E-state index contributed by atoms with van der Waals surface area (Å²) in [7, 11) is 1.41. The maximum atomic E-state index is 13.2. The van der Waals surface area contributed by atoms with Gasteiger partial charge in [0.15, 0.2) is 0 Å².